The zero-order chi connectivity index (χ0) is 23.7. The Morgan fingerprint density at radius 3 is 2.62 bits per heavy atom. The molecule has 2 aromatic heterocycles. The number of nitrogens with one attached hydrogen (secondary N) is 2. The van der Waals surface area contributed by atoms with Crippen molar-refractivity contribution in [1.29, 1.82) is 0 Å². The van der Waals surface area contributed by atoms with Gasteiger partial charge in [-0.1, -0.05) is 24.3 Å². The fourth-order valence-corrected chi connectivity index (χ4v) is 4.29. The average molecular weight is 465 g/mol. The van der Waals surface area contributed by atoms with Gasteiger partial charge in [0.1, 0.15) is 17.2 Å². The van der Waals surface area contributed by atoms with Crippen LogP contribution in [-0.4, -0.2) is 38.8 Å². The second-order valence-electron chi connectivity index (χ2n) is 8.32. The highest BCUT2D eigenvalue weighted by Crippen LogP contribution is 2.38. The number of carbonyl (C=O) groups excluding carboxylic acids is 1. The van der Waals surface area contributed by atoms with Gasteiger partial charge in [-0.25, -0.2) is 9.97 Å². The molecule has 2 N–H and O–H groups in total. The summed E-state index contributed by atoms with van der Waals surface area (Å²) in [6.07, 6.45) is -0.859. The second-order valence-corrected chi connectivity index (χ2v) is 8.32. The first-order valence-corrected chi connectivity index (χ1v) is 11.0. The number of anilines is 1. The summed E-state index contributed by atoms with van der Waals surface area (Å²) in [6, 6.07) is 14.4. The standard InChI is InChI=1S/C25H22F3N5O/c26-25(27,28)19-14-16(15-33-12-3-4-13-33)9-10-17(19)23-30-20-7-5-6-18(22(20)32-23)24(34)31-21-8-1-2-11-29-21/h1-2,5-11,14H,3-4,12-13,15H2,(H,30,32)(H,29,31,34). The van der Waals surface area contributed by atoms with Crippen molar-refractivity contribution < 1.29 is 18.0 Å². The van der Waals surface area contributed by atoms with Gasteiger partial charge in [-0.3, -0.25) is 9.69 Å². The molecule has 0 saturated carbocycles. The number of carbonyl (C=O) groups is 1. The molecule has 4 aromatic rings. The maximum atomic E-state index is 14.0. The maximum Gasteiger partial charge on any atom is 0.417 e. The first kappa shape index (κ1) is 22.1. The van der Waals surface area contributed by atoms with Crippen LogP contribution in [0.5, 0.6) is 0 Å². The predicted molar refractivity (Wildman–Crippen MR) is 123 cm³/mol. The van der Waals surface area contributed by atoms with Gasteiger partial charge in [-0.15, -0.1) is 0 Å². The van der Waals surface area contributed by atoms with Gasteiger partial charge in [0.05, 0.1) is 16.6 Å². The van der Waals surface area contributed by atoms with Crippen molar-refractivity contribution in [3.63, 3.8) is 0 Å². The third-order valence-electron chi connectivity index (χ3n) is 5.91. The number of halogens is 3. The lowest BCUT2D eigenvalue weighted by Gasteiger charge is -2.17. The maximum absolute atomic E-state index is 14.0. The molecule has 2 aromatic carbocycles. The highest BCUT2D eigenvalue weighted by atomic mass is 19.4. The molecule has 0 bridgehead atoms. The van der Waals surface area contributed by atoms with Crippen LogP contribution in [0.15, 0.2) is 60.8 Å². The number of para-hydroxylation sites is 1. The van der Waals surface area contributed by atoms with E-state index in [9.17, 15) is 18.0 Å². The van der Waals surface area contributed by atoms with E-state index in [2.05, 4.69) is 25.2 Å². The van der Waals surface area contributed by atoms with E-state index in [1.807, 2.05) is 0 Å². The minimum Gasteiger partial charge on any atom is -0.338 e. The van der Waals surface area contributed by atoms with E-state index < -0.39 is 17.6 Å². The molecule has 0 spiro atoms. The molecule has 9 heteroatoms. The fourth-order valence-electron chi connectivity index (χ4n) is 4.29. The van der Waals surface area contributed by atoms with Crippen LogP contribution in [-0.2, 0) is 12.7 Å². The Hall–Kier alpha value is -3.72. The first-order chi connectivity index (χ1) is 16.4. The summed E-state index contributed by atoms with van der Waals surface area (Å²) in [7, 11) is 0. The largest absolute Gasteiger partial charge is 0.417 e. The van der Waals surface area contributed by atoms with E-state index in [-0.39, 0.29) is 17.0 Å². The number of benzene rings is 2. The number of imidazole rings is 1. The van der Waals surface area contributed by atoms with Crippen LogP contribution in [0.25, 0.3) is 22.4 Å². The van der Waals surface area contributed by atoms with Crippen LogP contribution in [0.1, 0.15) is 34.3 Å². The Morgan fingerprint density at radius 2 is 1.88 bits per heavy atom. The minimum atomic E-state index is -4.55. The monoisotopic (exact) mass is 465 g/mol. The lowest BCUT2D eigenvalue weighted by atomic mass is 10.0. The third-order valence-corrected chi connectivity index (χ3v) is 5.91. The molecule has 0 unspecified atom stereocenters. The number of rotatable bonds is 5. The van der Waals surface area contributed by atoms with Crippen LogP contribution in [0, 0.1) is 0 Å². The summed E-state index contributed by atoms with van der Waals surface area (Å²) in [5.74, 6) is -0.0132. The summed E-state index contributed by atoms with van der Waals surface area (Å²) in [6.45, 7) is 2.29. The molecule has 0 atom stereocenters. The number of fused-ring (bicyclic) bond motifs is 1. The lowest BCUT2D eigenvalue weighted by Crippen LogP contribution is -2.19. The average Bonchev–Trinajstić information content (AvgIpc) is 3.48. The van der Waals surface area contributed by atoms with E-state index >= 15 is 0 Å². The molecule has 6 nitrogen and oxygen atoms in total. The summed E-state index contributed by atoms with van der Waals surface area (Å²) in [5, 5.41) is 2.69. The number of pyridine rings is 1. The zero-order valence-corrected chi connectivity index (χ0v) is 18.2. The van der Waals surface area contributed by atoms with Crippen LogP contribution in [0.4, 0.5) is 19.0 Å². The van der Waals surface area contributed by atoms with Crippen molar-refractivity contribution >= 4 is 22.8 Å². The molecular formula is C25H22F3N5O. The van der Waals surface area contributed by atoms with E-state index in [0.29, 0.717) is 29.0 Å². The van der Waals surface area contributed by atoms with E-state index in [0.717, 1.165) is 25.9 Å². The van der Waals surface area contributed by atoms with Crippen LogP contribution in [0.3, 0.4) is 0 Å². The predicted octanol–water partition coefficient (Wildman–Crippen LogP) is 5.49. The van der Waals surface area contributed by atoms with Gasteiger partial charge in [0.2, 0.25) is 0 Å². The Balaban J connectivity index is 1.51. The Labute approximate surface area is 193 Å². The smallest absolute Gasteiger partial charge is 0.338 e. The van der Waals surface area contributed by atoms with Gasteiger partial charge in [0.25, 0.3) is 5.91 Å². The van der Waals surface area contributed by atoms with E-state index in [1.54, 1.807) is 48.7 Å². The van der Waals surface area contributed by atoms with Crippen molar-refractivity contribution in [3.05, 3.63) is 77.5 Å². The number of aromatic amines is 1. The number of hydrogen-bond donors (Lipinski definition) is 2. The number of amides is 1. The first-order valence-electron chi connectivity index (χ1n) is 11.0. The Bertz CT molecular complexity index is 1330. The molecule has 174 valence electrons. The van der Waals surface area contributed by atoms with Crippen molar-refractivity contribution in [2.75, 3.05) is 18.4 Å². The normalized spacial score (nSPS) is 14.6. The zero-order valence-electron chi connectivity index (χ0n) is 18.2. The molecule has 3 heterocycles. The van der Waals surface area contributed by atoms with Crippen molar-refractivity contribution in [2.24, 2.45) is 0 Å². The quantitative estimate of drug-likeness (QED) is 0.409. The molecule has 1 aliphatic heterocycles. The topological polar surface area (TPSA) is 73.9 Å². The molecule has 1 aliphatic rings. The number of H-pyrrole nitrogens is 1. The third kappa shape index (κ3) is 4.51. The molecule has 34 heavy (non-hydrogen) atoms. The van der Waals surface area contributed by atoms with Gasteiger partial charge in [-0.05, 0) is 61.8 Å². The van der Waals surface area contributed by atoms with Gasteiger partial charge < -0.3 is 10.3 Å². The molecule has 1 fully saturated rings. The molecule has 5 rings (SSSR count). The van der Waals surface area contributed by atoms with Gasteiger partial charge >= 0.3 is 6.18 Å². The van der Waals surface area contributed by atoms with Crippen LogP contribution in [0.2, 0.25) is 0 Å². The van der Waals surface area contributed by atoms with Gasteiger partial charge in [0.15, 0.2) is 0 Å². The summed E-state index contributed by atoms with van der Waals surface area (Å²) in [5.41, 5.74) is 0.820. The lowest BCUT2D eigenvalue weighted by molar-refractivity contribution is -0.137. The Kier molecular flexibility index (Phi) is 5.79. The number of likely N-dealkylation sites (tertiary alicyclic amines) is 1. The van der Waals surface area contributed by atoms with Crippen molar-refractivity contribution in [2.45, 2.75) is 25.6 Å². The molecule has 1 amide bonds. The molecule has 0 radical (unpaired) electrons. The molecule has 1 saturated heterocycles. The summed E-state index contributed by atoms with van der Waals surface area (Å²) >= 11 is 0. The highest BCUT2D eigenvalue weighted by molar-refractivity contribution is 6.11. The number of nitrogens with zero attached hydrogens (tertiary/aromatic N) is 3. The summed E-state index contributed by atoms with van der Waals surface area (Å²) < 4.78 is 42.0. The van der Waals surface area contributed by atoms with Crippen LogP contribution >= 0.6 is 0 Å². The number of hydrogen-bond acceptors (Lipinski definition) is 4. The molecule has 0 aliphatic carbocycles. The SMILES string of the molecule is O=C(Nc1ccccn1)c1cccc2[nH]c(-c3ccc(CN4CCCC4)cc3C(F)(F)F)nc12. The van der Waals surface area contributed by atoms with Crippen molar-refractivity contribution in [1.82, 2.24) is 19.9 Å². The molecular weight excluding hydrogens is 443 g/mol. The minimum absolute atomic E-state index is 0.0510. The fraction of sp³-hybridized carbons (Fsp3) is 0.240. The second kappa shape index (κ2) is 8.90. The number of aromatic nitrogens is 3. The van der Waals surface area contributed by atoms with E-state index in [1.165, 1.54) is 12.1 Å². The summed E-state index contributed by atoms with van der Waals surface area (Å²) in [4.78, 5) is 26.4. The number of alkyl halides is 3. The van der Waals surface area contributed by atoms with E-state index in [4.69, 9.17) is 0 Å². The van der Waals surface area contributed by atoms with Gasteiger partial charge in [-0.2, -0.15) is 13.2 Å². The Morgan fingerprint density at radius 1 is 1.06 bits per heavy atom. The van der Waals surface area contributed by atoms with Crippen molar-refractivity contribution in [3.8, 4) is 11.4 Å². The van der Waals surface area contributed by atoms with Gasteiger partial charge in [0, 0.05) is 18.3 Å². The van der Waals surface area contributed by atoms with Crippen LogP contribution < -0.4 is 5.32 Å². The highest BCUT2D eigenvalue weighted by Gasteiger charge is 2.35.